The first-order chi connectivity index (χ1) is 33.8. The summed E-state index contributed by atoms with van der Waals surface area (Å²) in [4.78, 5) is 2.47. The Morgan fingerprint density at radius 2 is 0.618 bits per heavy atom. The van der Waals surface area contributed by atoms with Gasteiger partial charge in [0.25, 0.3) is 0 Å². The third-order valence-corrected chi connectivity index (χ3v) is 13.3. The molecule has 0 saturated carbocycles. The summed E-state index contributed by atoms with van der Waals surface area (Å²) in [5.41, 5.74) is 20.8. The van der Waals surface area contributed by atoms with Crippen LogP contribution in [0.25, 0.3) is 94.3 Å². The quantitative estimate of drug-likeness (QED) is 0.133. The van der Waals surface area contributed by atoms with E-state index in [1.54, 1.807) is 0 Å². The van der Waals surface area contributed by atoms with E-state index in [0.717, 1.165) is 56.1 Å². The molecular weight excluding hydrogens is 821 g/mol. The third kappa shape index (κ3) is 7.45. The van der Waals surface area contributed by atoms with Gasteiger partial charge in [0.2, 0.25) is 0 Å². The molecule has 11 aromatic carbocycles. The zero-order chi connectivity index (χ0) is 45.2. The monoisotopic (exact) mass is 866 g/mol. The number of hydrogen-bond acceptors (Lipinski definition) is 1. The van der Waals surface area contributed by atoms with Crippen LogP contribution in [0.15, 0.2) is 279 Å². The number of benzene rings is 11. The molecule has 0 radical (unpaired) electrons. The van der Waals surface area contributed by atoms with Crippen LogP contribution in [0.5, 0.6) is 0 Å². The highest BCUT2D eigenvalue weighted by Gasteiger charge is 2.25. The highest BCUT2D eigenvalue weighted by atomic mass is 15.1. The predicted octanol–water partition coefficient (Wildman–Crippen LogP) is 18.3. The van der Waals surface area contributed by atoms with Crippen LogP contribution in [0.2, 0.25) is 0 Å². The Hall–Kier alpha value is -8.98. The fourth-order valence-electron chi connectivity index (χ4n) is 10.0. The van der Waals surface area contributed by atoms with Crippen LogP contribution in [-0.2, 0) is 0 Å². The fourth-order valence-corrected chi connectivity index (χ4v) is 10.0. The Kier molecular flexibility index (Phi) is 10.6. The average Bonchev–Trinajstić information content (AvgIpc) is 3.76. The minimum Gasteiger partial charge on any atom is -0.309 e. The van der Waals surface area contributed by atoms with Gasteiger partial charge in [-0.05, 0) is 104 Å². The molecular formula is C66H46N2. The summed E-state index contributed by atoms with van der Waals surface area (Å²) < 4.78 is 2.37. The molecule has 0 N–H and O–H groups in total. The standard InChI is InChI=1S/C66H46N2/c1-4-19-47(20-5-1)48-35-37-53(38-36-48)57-26-12-15-31-62(57)68(65-34-18-30-58(52-23-8-3-9-24-52)66(65)61-29-11-10-25-56(61)51-21-6-2-7-22-51)55-45-41-50(42-46-55)49-39-43-54(44-40-49)67-63-32-16-13-27-59(63)60-28-14-17-33-64(60)67/h1-46H. The number of anilines is 3. The first-order valence-electron chi connectivity index (χ1n) is 23.3. The van der Waals surface area contributed by atoms with Gasteiger partial charge in [-0.3, -0.25) is 0 Å². The molecule has 0 aliphatic heterocycles. The molecule has 1 heterocycles. The van der Waals surface area contributed by atoms with E-state index >= 15 is 0 Å². The van der Waals surface area contributed by atoms with E-state index in [9.17, 15) is 0 Å². The Labute approximate surface area is 397 Å². The number of rotatable bonds is 10. The smallest absolute Gasteiger partial charge is 0.0546 e. The lowest BCUT2D eigenvalue weighted by Crippen LogP contribution is -2.13. The van der Waals surface area contributed by atoms with E-state index in [0.29, 0.717) is 0 Å². The maximum Gasteiger partial charge on any atom is 0.0546 e. The molecule has 12 aromatic rings. The fraction of sp³-hybridized carbons (Fsp3) is 0. The van der Waals surface area contributed by atoms with Crippen molar-refractivity contribution in [3.8, 4) is 72.4 Å². The first kappa shape index (κ1) is 40.5. The van der Waals surface area contributed by atoms with Crippen LogP contribution in [-0.4, -0.2) is 4.57 Å². The maximum atomic E-state index is 2.47. The van der Waals surface area contributed by atoms with E-state index in [2.05, 4.69) is 289 Å². The predicted molar refractivity (Wildman–Crippen MR) is 288 cm³/mol. The van der Waals surface area contributed by atoms with Crippen molar-refractivity contribution in [3.63, 3.8) is 0 Å². The van der Waals surface area contributed by atoms with Crippen LogP contribution < -0.4 is 4.90 Å². The second kappa shape index (κ2) is 17.8. The molecule has 0 aliphatic carbocycles. The van der Waals surface area contributed by atoms with Gasteiger partial charge in [0.1, 0.15) is 0 Å². The van der Waals surface area contributed by atoms with E-state index in [4.69, 9.17) is 0 Å². The highest BCUT2D eigenvalue weighted by Crippen LogP contribution is 2.50. The summed E-state index contributed by atoms with van der Waals surface area (Å²) in [5.74, 6) is 0. The molecule has 0 bridgehead atoms. The molecule has 0 spiro atoms. The molecule has 68 heavy (non-hydrogen) atoms. The molecule has 0 atom stereocenters. The minimum absolute atomic E-state index is 1.06. The summed E-state index contributed by atoms with van der Waals surface area (Å²) in [5, 5.41) is 2.53. The lowest BCUT2D eigenvalue weighted by molar-refractivity contribution is 1.18. The summed E-state index contributed by atoms with van der Waals surface area (Å²) in [6.07, 6.45) is 0. The van der Waals surface area contributed by atoms with Crippen molar-refractivity contribution >= 4 is 38.9 Å². The molecule has 0 saturated heterocycles. The van der Waals surface area contributed by atoms with Crippen molar-refractivity contribution in [3.05, 3.63) is 279 Å². The average molecular weight is 867 g/mol. The van der Waals surface area contributed by atoms with Gasteiger partial charge >= 0.3 is 0 Å². The van der Waals surface area contributed by atoms with Gasteiger partial charge in [0.05, 0.1) is 22.4 Å². The number of fused-ring (bicyclic) bond motifs is 3. The van der Waals surface area contributed by atoms with Crippen molar-refractivity contribution in [2.45, 2.75) is 0 Å². The number of para-hydroxylation sites is 3. The number of nitrogens with zero attached hydrogens (tertiary/aromatic N) is 2. The summed E-state index contributed by atoms with van der Waals surface area (Å²) in [6.45, 7) is 0. The molecule has 12 rings (SSSR count). The summed E-state index contributed by atoms with van der Waals surface area (Å²) >= 11 is 0. The highest BCUT2D eigenvalue weighted by molar-refractivity contribution is 6.09. The summed E-state index contributed by atoms with van der Waals surface area (Å²) in [7, 11) is 0. The molecule has 0 aliphatic rings. The van der Waals surface area contributed by atoms with Crippen molar-refractivity contribution in [2.24, 2.45) is 0 Å². The topological polar surface area (TPSA) is 8.17 Å². The lowest BCUT2D eigenvalue weighted by atomic mass is 9.87. The SMILES string of the molecule is c1ccc(-c2ccc(-c3ccccc3N(c3ccc(-c4ccc(-n5c6ccccc6c6ccccc65)cc4)cc3)c3cccc(-c4ccccc4)c3-c3ccccc3-c3ccccc3)cc2)cc1. The second-order valence-corrected chi connectivity index (χ2v) is 17.2. The minimum atomic E-state index is 1.06. The molecule has 2 heteroatoms. The Bertz CT molecular complexity index is 3630. The molecule has 2 nitrogen and oxygen atoms in total. The molecule has 0 amide bonds. The van der Waals surface area contributed by atoms with Crippen LogP contribution in [0.4, 0.5) is 17.1 Å². The normalized spacial score (nSPS) is 11.2. The maximum absolute atomic E-state index is 2.47. The zero-order valence-corrected chi connectivity index (χ0v) is 37.5. The molecule has 0 fully saturated rings. The number of hydrogen-bond donors (Lipinski definition) is 0. The van der Waals surface area contributed by atoms with Gasteiger partial charge in [0, 0.05) is 33.3 Å². The van der Waals surface area contributed by atoms with E-state index in [-0.39, 0.29) is 0 Å². The largest absolute Gasteiger partial charge is 0.309 e. The van der Waals surface area contributed by atoms with Crippen molar-refractivity contribution in [1.29, 1.82) is 0 Å². The van der Waals surface area contributed by atoms with Gasteiger partial charge < -0.3 is 9.47 Å². The van der Waals surface area contributed by atoms with E-state index < -0.39 is 0 Å². The van der Waals surface area contributed by atoms with Gasteiger partial charge in [-0.1, -0.05) is 231 Å². The van der Waals surface area contributed by atoms with Crippen LogP contribution in [0, 0.1) is 0 Å². The van der Waals surface area contributed by atoms with Crippen molar-refractivity contribution in [1.82, 2.24) is 4.57 Å². The van der Waals surface area contributed by atoms with Gasteiger partial charge in [0.15, 0.2) is 0 Å². The van der Waals surface area contributed by atoms with Gasteiger partial charge in [-0.15, -0.1) is 0 Å². The second-order valence-electron chi connectivity index (χ2n) is 17.2. The molecule has 0 unspecified atom stereocenters. The molecule has 320 valence electrons. The first-order valence-corrected chi connectivity index (χ1v) is 23.3. The van der Waals surface area contributed by atoms with Crippen LogP contribution >= 0.6 is 0 Å². The van der Waals surface area contributed by atoms with E-state index in [1.165, 1.54) is 55.2 Å². The number of aromatic nitrogens is 1. The van der Waals surface area contributed by atoms with Gasteiger partial charge in [-0.25, -0.2) is 0 Å². The van der Waals surface area contributed by atoms with Gasteiger partial charge in [-0.2, -0.15) is 0 Å². The van der Waals surface area contributed by atoms with Crippen LogP contribution in [0.3, 0.4) is 0 Å². The zero-order valence-electron chi connectivity index (χ0n) is 37.5. The van der Waals surface area contributed by atoms with E-state index in [1.807, 2.05) is 0 Å². The molecule has 1 aromatic heterocycles. The lowest BCUT2D eigenvalue weighted by Gasteiger charge is -2.31. The Morgan fingerprint density at radius 3 is 1.22 bits per heavy atom. The third-order valence-electron chi connectivity index (χ3n) is 13.3. The van der Waals surface area contributed by atoms with Crippen molar-refractivity contribution < 1.29 is 0 Å². The Balaban J connectivity index is 1.02. The van der Waals surface area contributed by atoms with Crippen LogP contribution in [0.1, 0.15) is 0 Å². The summed E-state index contributed by atoms with van der Waals surface area (Å²) in [6, 6.07) is 101. The Morgan fingerprint density at radius 1 is 0.235 bits per heavy atom. The van der Waals surface area contributed by atoms with Crippen molar-refractivity contribution in [2.75, 3.05) is 4.90 Å².